The van der Waals surface area contributed by atoms with Crippen LogP contribution in [0.25, 0.3) is 0 Å². The predicted molar refractivity (Wildman–Crippen MR) is 108 cm³/mol. The molecular weight excluding hydrogens is 426 g/mol. The van der Waals surface area contributed by atoms with Gasteiger partial charge in [-0.25, -0.2) is 12.4 Å². The SMILES string of the molecule is CC(C)(SOSC(C)(C)c1ccc(F)cc1[N+](=O)[O-])c1ccc(F)cc1[N+](=O)[O-]. The Labute approximate surface area is 174 Å². The molecule has 0 unspecified atom stereocenters. The van der Waals surface area contributed by atoms with E-state index in [9.17, 15) is 29.0 Å². The molecule has 29 heavy (non-hydrogen) atoms. The molecule has 2 aromatic rings. The van der Waals surface area contributed by atoms with Crippen molar-refractivity contribution in [1.29, 1.82) is 0 Å². The van der Waals surface area contributed by atoms with Gasteiger partial charge in [-0.15, -0.1) is 0 Å². The smallest absolute Gasteiger partial charge is 0.258 e. The average molecular weight is 444 g/mol. The summed E-state index contributed by atoms with van der Waals surface area (Å²) in [6, 6.07) is 6.59. The standard InChI is InChI=1S/C18H18F2N2O5S2/c1-17(2,13-7-5-11(19)9-15(13)21(23)24)28-27-29-18(3,4)14-8-6-12(20)10-16(14)22(25)26/h5-10H,1-4H3. The van der Waals surface area contributed by atoms with E-state index in [0.717, 1.165) is 48.4 Å². The normalized spacial score (nSPS) is 12.1. The highest BCUT2D eigenvalue weighted by Gasteiger charge is 2.35. The summed E-state index contributed by atoms with van der Waals surface area (Å²) in [6.07, 6.45) is 0. The largest absolute Gasteiger partial charge is 0.276 e. The molecule has 156 valence electrons. The van der Waals surface area contributed by atoms with Gasteiger partial charge in [-0.1, -0.05) is 0 Å². The molecule has 0 aromatic heterocycles. The van der Waals surface area contributed by atoms with Crippen molar-refractivity contribution >= 4 is 35.5 Å². The van der Waals surface area contributed by atoms with E-state index >= 15 is 0 Å². The molecule has 0 heterocycles. The van der Waals surface area contributed by atoms with Gasteiger partial charge in [0.15, 0.2) is 0 Å². The van der Waals surface area contributed by atoms with Crippen molar-refractivity contribution in [1.82, 2.24) is 0 Å². The van der Waals surface area contributed by atoms with Crippen LogP contribution in [0.2, 0.25) is 0 Å². The first-order valence-electron chi connectivity index (χ1n) is 8.27. The van der Waals surface area contributed by atoms with Crippen LogP contribution in [-0.4, -0.2) is 9.85 Å². The third-order valence-corrected chi connectivity index (χ3v) is 5.91. The summed E-state index contributed by atoms with van der Waals surface area (Å²) >= 11 is 1.80. The summed E-state index contributed by atoms with van der Waals surface area (Å²) < 4.78 is 30.5. The predicted octanol–water partition coefficient (Wildman–Crippen LogP) is 6.26. The molecular formula is C18H18F2N2O5S2. The minimum Gasteiger partial charge on any atom is -0.258 e. The van der Waals surface area contributed by atoms with Crippen molar-refractivity contribution in [3.8, 4) is 0 Å². The van der Waals surface area contributed by atoms with Crippen LogP contribution in [-0.2, 0) is 13.1 Å². The first-order valence-corrected chi connectivity index (χ1v) is 9.76. The highest BCUT2D eigenvalue weighted by atomic mass is 32.2. The molecule has 0 spiro atoms. The highest BCUT2D eigenvalue weighted by molar-refractivity contribution is 8.08. The monoisotopic (exact) mass is 444 g/mol. The summed E-state index contributed by atoms with van der Waals surface area (Å²) in [5, 5.41) is 22.5. The second-order valence-corrected chi connectivity index (χ2v) is 10.0. The van der Waals surface area contributed by atoms with Crippen LogP contribution in [0.5, 0.6) is 0 Å². The fourth-order valence-corrected chi connectivity index (χ4v) is 4.63. The molecule has 7 nitrogen and oxygen atoms in total. The van der Waals surface area contributed by atoms with Crippen molar-refractivity contribution in [2.75, 3.05) is 0 Å². The lowest BCUT2D eigenvalue weighted by atomic mass is 10.0. The van der Waals surface area contributed by atoms with E-state index in [1.807, 2.05) is 0 Å². The summed E-state index contributed by atoms with van der Waals surface area (Å²) in [4.78, 5) is 21.2. The Kier molecular flexibility index (Phi) is 6.86. The van der Waals surface area contributed by atoms with Gasteiger partial charge in [0.1, 0.15) is 11.6 Å². The van der Waals surface area contributed by atoms with Crippen LogP contribution in [0.3, 0.4) is 0 Å². The Balaban J connectivity index is 2.21. The van der Waals surface area contributed by atoms with Crippen molar-refractivity contribution in [2.45, 2.75) is 37.2 Å². The first kappa shape index (κ1) is 23.0. The van der Waals surface area contributed by atoms with Crippen LogP contribution < -0.4 is 0 Å². The Morgan fingerprint density at radius 2 is 1.14 bits per heavy atom. The van der Waals surface area contributed by atoms with Gasteiger partial charge in [0.2, 0.25) is 0 Å². The van der Waals surface area contributed by atoms with E-state index < -0.39 is 31.0 Å². The fourth-order valence-electron chi connectivity index (χ4n) is 2.61. The number of nitro benzene ring substituents is 2. The van der Waals surface area contributed by atoms with E-state index in [4.69, 9.17) is 3.63 Å². The molecule has 0 saturated carbocycles. The number of hydrogen-bond donors (Lipinski definition) is 0. The van der Waals surface area contributed by atoms with Gasteiger partial charge in [-0.3, -0.25) is 20.2 Å². The summed E-state index contributed by atoms with van der Waals surface area (Å²) in [6.45, 7) is 6.69. The number of nitro groups is 2. The Hall–Kier alpha value is -2.24. The zero-order valence-corrected chi connectivity index (χ0v) is 17.6. The summed E-state index contributed by atoms with van der Waals surface area (Å²) in [5.74, 6) is -1.44. The minimum absolute atomic E-state index is 0.264. The van der Waals surface area contributed by atoms with E-state index in [0.29, 0.717) is 0 Å². The van der Waals surface area contributed by atoms with Crippen molar-refractivity contribution < 1.29 is 22.3 Å². The van der Waals surface area contributed by atoms with Crippen LogP contribution >= 0.6 is 24.1 Å². The number of halogens is 2. The van der Waals surface area contributed by atoms with Crippen molar-refractivity contribution in [3.05, 3.63) is 79.4 Å². The lowest BCUT2D eigenvalue weighted by Crippen LogP contribution is -2.17. The van der Waals surface area contributed by atoms with Gasteiger partial charge in [-0.05, 0) is 52.0 Å². The lowest BCUT2D eigenvalue weighted by molar-refractivity contribution is -0.386. The zero-order valence-electron chi connectivity index (χ0n) is 16.0. The Morgan fingerprint density at radius 1 is 0.793 bits per heavy atom. The molecule has 0 saturated heterocycles. The number of benzene rings is 2. The number of nitrogens with zero attached hydrogens (tertiary/aromatic N) is 2. The second kappa shape index (κ2) is 8.64. The third kappa shape index (κ3) is 5.43. The topological polar surface area (TPSA) is 95.5 Å². The number of rotatable bonds is 8. The second-order valence-electron chi connectivity index (χ2n) is 7.09. The van der Waals surface area contributed by atoms with Crippen LogP contribution in [0, 0.1) is 31.9 Å². The molecule has 0 aliphatic rings. The Bertz CT molecular complexity index is 878. The molecule has 0 aliphatic heterocycles. The van der Waals surface area contributed by atoms with E-state index in [1.165, 1.54) is 12.1 Å². The molecule has 0 aliphatic carbocycles. The summed E-state index contributed by atoms with van der Waals surface area (Å²) in [5.41, 5.74) is -0.214. The minimum atomic E-state index is -0.923. The van der Waals surface area contributed by atoms with Crippen molar-refractivity contribution in [2.24, 2.45) is 0 Å². The third-order valence-electron chi connectivity index (χ3n) is 4.09. The maximum absolute atomic E-state index is 13.4. The molecule has 0 bridgehead atoms. The summed E-state index contributed by atoms with van der Waals surface area (Å²) in [7, 11) is 0. The molecule has 0 N–H and O–H groups in total. The highest BCUT2D eigenvalue weighted by Crippen LogP contribution is 2.48. The van der Waals surface area contributed by atoms with E-state index in [2.05, 4.69) is 0 Å². The van der Waals surface area contributed by atoms with E-state index in [-0.39, 0.29) is 22.5 Å². The van der Waals surface area contributed by atoms with E-state index in [1.54, 1.807) is 27.7 Å². The maximum Gasteiger partial charge on any atom is 0.276 e. The van der Waals surface area contributed by atoms with Gasteiger partial charge in [0.05, 0.1) is 31.5 Å². The van der Waals surface area contributed by atoms with Gasteiger partial charge >= 0.3 is 0 Å². The van der Waals surface area contributed by atoms with Gasteiger partial charge in [0, 0.05) is 35.2 Å². The fraction of sp³-hybridized carbons (Fsp3) is 0.333. The molecule has 0 amide bonds. The number of hydrogen-bond acceptors (Lipinski definition) is 7. The van der Waals surface area contributed by atoms with Crippen LogP contribution in [0.1, 0.15) is 38.8 Å². The van der Waals surface area contributed by atoms with Gasteiger partial charge < -0.3 is 0 Å². The molecule has 0 fully saturated rings. The van der Waals surface area contributed by atoms with Crippen LogP contribution in [0.4, 0.5) is 20.2 Å². The molecule has 2 rings (SSSR count). The Morgan fingerprint density at radius 3 is 1.45 bits per heavy atom. The zero-order chi connectivity index (χ0) is 22.0. The quantitative estimate of drug-likeness (QED) is 0.269. The van der Waals surface area contributed by atoms with Crippen molar-refractivity contribution in [3.63, 3.8) is 0 Å². The maximum atomic E-state index is 13.4. The van der Waals surface area contributed by atoms with Crippen LogP contribution in [0.15, 0.2) is 36.4 Å². The van der Waals surface area contributed by atoms with Gasteiger partial charge in [-0.2, -0.15) is 0 Å². The molecule has 0 radical (unpaired) electrons. The molecule has 2 aromatic carbocycles. The molecule has 11 heteroatoms. The lowest BCUT2D eigenvalue weighted by Gasteiger charge is -2.27. The molecule has 0 atom stereocenters. The van der Waals surface area contributed by atoms with Gasteiger partial charge in [0.25, 0.3) is 11.4 Å². The average Bonchev–Trinajstić information content (AvgIpc) is 2.60. The first-order chi connectivity index (χ1) is 13.3.